The Morgan fingerprint density at radius 2 is 1.62 bits per heavy atom. The minimum absolute atomic E-state index is 0.0364. The van der Waals surface area contributed by atoms with E-state index in [0.717, 1.165) is 42.7 Å². The highest BCUT2D eigenvalue weighted by molar-refractivity contribution is 6.13. The van der Waals surface area contributed by atoms with E-state index in [4.69, 9.17) is 0 Å². The molecule has 130 valence electrons. The first kappa shape index (κ1) is 17.0. The second-order valence-electron chi connectivity index (χ2n) is 7.78. The second-order valence-corrected chi connectivity index (χ2v) is 7.78. The van der Waals surface area contributed by atoms with Gasteiger partial charge in [-0.25, -0.2) is 0 Å². The third-order valence-electron chi connectivity index (χ3n) is 5.58. The summed E-state index contributed by atoms with van der Waals surface area (Å²) in [5, 5.41) is 3.05. The summed E-state index contributed by atoms with van der Waals surface area (Å²) >= 11 is 0. The quantitative estimate of drug-likeness (QED) is 0.862. The molecule has 2 fully saturated rings. The molecule has 1 aromatic rings. The average Bonchev–Trinajstić information content (AvgIpc) is 3.32. The molecule has 1 saturated heterocycles. The van der Waals surface area contributed by atoms with Crippen molar-refractivity contribution in [3.05, 3.63) is 28.8 Å². The van der Waals surface area contributed by atoms with Crippen LogP contribution in [-0.4, -0.2) is 29.8 Å². The molecule has 2 amide bonds. The lowest BCUT2D eigenvalue weighted by molar-refractivity contribution is -0.143. The molecule has 0 spiro atoms. The van der Waals surface area contributed by atoms with E-state index >= 15 is 0 Å². The van der Waals surface area contributed by atoms with Gasteiger partial charge in [0.05, 0.1) is 0 Å². The van der Waals surface area contributed by atoms with Crippen molar-refractivity contribution in [2.24, 2.45) is 11.3 Å². The molecule has 1 saturated carbocycles. The number of benzene rings is 1. The zero-order valence-corrected chi connectivity index (χ0v) is 15.2. The molecule has 0 atom stereocenters. The first-order valence-electron chi connectivity index (χ1n) is 9.02. The van der Waals surface area contributed by atoms with Crippen molar-refractivity contribution in [2.75, 3.05) is 18.4 Å². The maximum absolute atomic E-state index is 12.9. The maximum atomic E-state index is 12.9. The summed E-state index contributed by atoms with van der Waals surface area (Å²) < 4.78 is 0. The summed E-state index contributed by atoms with van der Waals surface area (Å²) in [6, 6.07) is 4.13. The van der Waals surface area contributed by atoms with Crippen LogP contribution in [0.4, 0.5) is 5.69 Å². The van der Waals surface area contributed by atoms with Crippen molar-refractivity contribution in [1.29, 1.82) is 0 Å². The Labute approximate surface area is 144 Å². The summed E-state index contributed by atoms with van der Waals surface area (Å²) in [6.45, 7) is 9.86. The Balaban J connectivity index is 1.74. The van der Waals surface area contributed by atoms with Gasteiger partial charge in [0.15, 0.2) is 0 Å². The normalized spacial score (nSPS) is 19.9. The predicted molar refractivity (Wildman–Crippen MR) is 95.9 cm³/mol. The van der Waals surface area contributed by atoms with E-state index in [1.807, 2.05) is 18.7 Å². The van der Waals surface area contributed by atoms with E-state index in [1.165, 1.54) is 5.56 Å². The molecule has 1 aliphatic heterocycles. The minimum Gasteiger partial charge on any atom is -0.342 e. The Hall–Kier alpha value is -1.84. The van der Waals surface area contributed by atoms with Crippen molar-refractivity contribution in [1.82, 2.24) is 4.90 Å². The lowest BCUT2D eigenvalue weighted by Gasteiger charge is -2.33. The van der Waals surface area contributed by atoms with Crippen molar-refractivity contribution in [3.8, 4) is 0 Å². The highest BCUT2D eigenvalue weighted by Crippen LogP contribution is 2.49. The summed E-state index contributed by atoms with van der Waals surface area (Å²) in [5.41, 5.74) is 3.33. The Morgan fingerprint density at radius 3 is 2.12 bits per heavy atom. The van der Waals surface area contributed by atoms with Crippen LogP contribution < -0.4 is 5.32 Å². The number of likely N-dealkylation sites (tertiary alicyclic amines) is 1. The first-order chi connectivity index (χ1) is 11.3. The van der Waals surface area contributed by atoms with Crippen LogP contribution in [0, 0.1) is 32.1 Å². The second kappa shape index (κ2) is 6.23. The monoisotopic (exact) mass is 328 g/mol. The van der Waals surface area contributed by atoms with E-state index in [1.54, 1.807) is 0 Å². The number of hydrogen-bond donors (Lipinski definition) is 1. The number of nitrogens with one attached hydrogen (secondary N) is 1. The summed E-state index contributed by atoms with van der Waals surface area (Å²) in [4.78, 5) is 27.7. The van der Waals surface area contributed by atoms with Gasteiger partial charge in [-0.3, -0.25) is 9.59 Å². The van der Waals surface area contributed by atoms with Crippen LogP contribution in [0.5, 0.6) is 0 Å². The molecule has 4 nitrogen and oxygen atoms in total. The average molecular weight is 328 g/mol. The van der Waals surface area contributed by atoms with Crippen LogP contribution in [0.3, 0.4) is 0 Å². The number of anilines is 1. The van der Waals surface area contributed by atoms with Crippen LogP contribution in [0.2, 0.25) is 0 Å². The maximum Gasteiger partial charge on any atom is 0.240 e. The van der Waals surface area contributed by atoms with Crippen LogP contribution in [0.1, 0.15) is 49.3 Å². The third-order valence-corrected chi connectivity index (χ3v) is 5.58. The Morgan fingerprint density at radius 1 is 1.08 bits per heavy atom. The van der Waals surface area contributed by atoms with Crippen molar-refractivity contribution in [2.45, 2.75) is 53.4 Å². The lowest BCUT2D eigenvalue weighted by atomic mass is 9.96. The molecule has 24 heavy (non-hydrogen) atoms. The standard InChI is InChI=1S/C20H28N2O2/c1-13-5-9-22(10-6-13)19(24)20(7-8-20)18(23)21-17-15(3)11-14(2)12-16(17)4/h11-13H,5-10H2,1-4H3,(H,21,23). The number of hydrogen-bond acceptors (Lipinski definition) is 2. The first-order valence-corrected chi connectivity index (χ1v) is 9.02. The number of carbonyl (C=O) groups excluding carboxylic acids is 2. The van der Waals surface area contributed by atoms with Crippen LogP contribution in [-0.2, 0) is 9.59 Å². The number of carbonyl (C=O) groups is 2. The molecule has 3 rings (SSSR count). The molecular formula is C20H28N2O2. The Kier molecular flexibility index (Phi) is 4.41. The molecule has 0 unspecified atom stereocenters. The zero-order chi connectivity index (χ0) is 17.5. The van der Waals surface area contributed by atoms with Gasteiger partial charge in [-0.05, 0) is 63.5 Å². The molecule has 0 radical (unpaired) electrons. The SMILES string of the molecule is Cc1cc(C)c(NC(=O)C2(C(=O)N3CCC(C)CC3)CC2)c(C)c1. The van der Waals surface area contributed by atoms with Gasteiger partial charge in [0, 0.05) is 18.8 Å². The highest BCUT2D eigenvalue weighted by Gasteiger charge is 2.58. The molecule has 2 aliphatic rings. The topological polar surface area (TPSA) is 49.4 Å². The van der Waals surface area contributed by atoms with Gasteiger partial charge in [-0.2, -0.15) is 0 Å². The molecule has 0 bridgehead atoms. The fourth-order valence-electron chi connectivity index (χ4n) is 3.79. The lowest BCUT2D eigenvalue weighted by Crippen LogP contribution is -2.46. The molecule has 4 heteroatoms. The molecule has 1 heterocycles. The van der Waals surface area contributed by atoms with Crippen LogP contribution >= 0.6 is 0 Å². The summed E-state index contributed by atoms with van der Waals surface area (Å²) in [7, 11) is 0. The van der Waals surface area contributed by atoms with E-state index in [-0.39, 0.29) is 11.8 Å². The Bertz CT molecular complexity index is 645. The number of amides is 2. The zero-order valence-electron chi connectivity index (χ0n) is 15.2. The third kappa shape index (κ3) is 3.06. The number of rotatable bonds is 3. The molecule has 0 aromatic heterocycles. The molecule has 1 aromatic carbocycles. The van der Waals surface area contributed by atoms with Crippen LogP contribution in [0.15, 0.2) is 12.1 Å². The smallest absolute Gasteiger partial charge is 0.240 e. The van der Waals surface area contributed by atoms with Crippen molar-refractivity contribution >= 4 is 17.5 Å². The van der Waals surface area contributed by atoms with E-state index in [0.29, 0.717) is 18.8 Å². The number of nitrogens with zero attached hydrogens (tertiary/aromatic N) is 1. The van der Waals surface area contributed by atoms with E-state index in [2.05, 4.69) is 31.3 Å². The van der Waals surface area contributed by atoms with Gasteiger partial charge in [0.25, 0.3) is 0 Å². The van der Waals surface area contributed by atoms with Crippen molar-refractivity contribution in [3.63, 3.8) is 0 Å². The van der Waals surface area contributed by atoms with Gasteiger partial charge in [-0.1, -0.05) is 24.6 Å². The fourth-order valence-corrected chi connectivity index (χ4v) is 3.79. The molecular weight excluding hydrogens is 300 g/mol. The van der Waals surface area contributed by atoms with Gasteiger partial charge in [-0.15, -0.1) is 0 Å². The van der Waals surface area contributed by atoms with Gasteiger partial charge >= 0.3 is 0 Å². The fraction of sp³-hybridized carbons (Fsp3) is 0.600. The minimum atomic E-state index is -0.815. The van der Waals surface area contributed by atoms with Crippen LogP contribution in [0.25, 0.3) is 0 Å². The van der Waals surface area contributed by atoms with E-state index < -0.39 is 5.41 Å². The van der Waals surface area contributed by atoms with Gasteiger partial charge < -0.3 is 10.2 Å². The van der Waals surface area contributed by atoms with Crippen molar-refractivity contribution < 1.29 is 9.59 Å². The van der Waals surface area contributed by atoms with Gasteiger partial charge in [0.2, 0.25) is 11.8 Å². The largest absolute Gasteiger partial charge is 0.342 e. The molecule has 1 aliphatic carbocycles. The number of aryl methyl sites for hydroxylation is 3. The highest BCUT2D eigenvalue weighted by atomic mass is 16.2. The summed E-state index contributed by atoms with van der Waals surface area (Å²) in [5.74, 6) is 0.589. The number of piperidine rings is 1. The summed E-state index contributed by atoms with van der Waals surface area (Å²) in [6.07, 6.45) is 3.43. The predicted octanol–water partition coefficient (Wildman–Crippen LogP) is 3.59. The van der Waals surface area contributed by atoms with E-state index in [9.17, 15) is 9.59 Å². The molecule has 1 N–H and O–H groups in total. The van der Waals surface area contributed by atoms with Gasteiger partial charge in [0.1, 0.15) is 5.41 Å².